The summed E-state index contributed by atoms with van der Waals surface area (Å²) < 4.78 is 0. The zero-order valence-corrected chi connectivity index (χ0v) is 11.1. The molecule has 0 aliphatic heterocycles. The molecule has 1 aromatic rings. The summed E-state index contributed by atoms with van der Waals surface area (Å²) in [7, 11) is 1.98. The van der Waals surface area contributed by atoms with E-state index in [-0.39, 0.29) is 17.4 Å². The van der Waals surface area contributed by atoms with Gasteiger partial charge < -0.3 is 10.2 Å². The Morgan fingerprint density at radius 1 is 1.44 bits per heavy atom. The van der Waals surface area contributed by atoms with Gasteiger partial charge in [-0.2, -0.15) is 0 Å². The van der Waals surface area contributed by atoms with E-state index in [2.05, 4.69) is 22.1 Å². The van der Waals surface area contributed by atoms with Crippen LogP contribution in [0.1, 0.15) is 34.7 Å². The molecule has 1 amide bonds. The maximum Gasteiger partial charge on any atom is 0.253 e. The molecule has 0 aromatic carbocycles. The molecular formula is C13H19N3O2. The Hall–Kier alpha value is -1.75. The second-order valence-corrected chi connectivity index (χ2v) is 4.11. The Morgan fingerprint density at radius 3 is 2.78 bits per heavy atom. The SMILES string of the molecule is CCN(C)CCNC(=O)c1cccnc1C(C)=O. The minimum absolute atomic E-state index is 0.202. The van der Waals surface area contributed by atoms with Crippen LogP contribution >= 0.6 is 0 Å². The first-order valence-electron chi connectivity index (χ1n) is 5.99. The molecule has 0 saturated carbocycles. The Balaban J connectivity index is 2.64. The van der Waals surface area contributed by atoms with Crippen molar-refractivity contribution in [1.29, 1.82) is 0 Å². The number of nitrogens with zero attached hydrogens (tertiary/aromatic N) is 2. The quantitative estimate of drug-likeness (QED) is 0.763. The zero-order chi connectivity index (χ0) is 13.5. The first-order chi connectivity index (χ1) is 8.56. The van der Waals surface area contributed by atoms with Gasteiger partial charge in [0.25, 0.3) is 5.91 Å². The van der Waals surface area contributed by atoms with Gasteiger partial charge in [-0.25, -0.2) is 0 Å². The number of likely N-dealkylation sites (N-methyl/N-ethyl adjacent to an activating group) is 1. The summed E-state index contributed by atoms with van der Waals surface area (Å²) in [6.45, 7) is 5.72. The fraction of sp³-hybridized carbons (Fsp3) is 0.462. The summed E-state index contributed by atoms with van der Waals surface area (Å²) in [5, 5.41) is 2.79. The van der Waals surface area contributed by atoms with Crippen molar-refractivity contribution >= 4 is 11.7 Å². The average molecular weight is 249 g/mol. The lowest BCUT2D eigenvalue weighted by Crippen LogP contribution is -2.33. The summed E-state index contributed by atoms with van der Waals surface area (Å²) in [5.74, 6) is -0.454. The number of carbonyl (C=O) groups is 2. The van der Waals surface area contributed by atoms with Crippen LogP contribution in [-0.4, -0.2) is 48.3 Å². The van der Waals surface area contributed by atoms with E-state index < -0.39 is 0 Å². The Bertz CT molecular complexity index is 432. The van der Waals surface area contributed by atoms with Crippen molar-refractivity contribution in [3.8, 4) is 0 Å². The second-order valence-electron chi connectivity index (χ2n) is 4.11. The summed E-state index contributed by atoms with van der Waals surface area (Å²) in [4.78, 5) is 29.3. The molecule has 98 valence electrons. The van der Waals surface area contributed by atoms with Crippen LogP contribution in [0.3, 0.4) is 0 Å². The fourth-order valence-corrected chi connectivity index (χ4v) is 1.48. The molecule has 0 spiro atoms. The van der Waals surface area contributed by atoms with Crippen LogP contribution in [0.4, 0.5) is 0 Å². The van der Waals surface area contributed by atoms with Crippen LogP contribution in [0.25, 0.3) is 0 Å². The molecule has 0 aliphatic carbocycles. The van der Waals surface area contributed by atoms with Gasteiger partial charge >= 0.3 is 0 Å². The molecular weight excluding hydrogens is 230 g/mol. The average Bonchev–Trinajstić information content (AvgIpc) is 2.38. The third-order valence-corrected chi connectivity index (χ3v) is 2.70. The van der Waals surface area contributed by atoms with Crippen LogP contribution < -0.4 is 5.32 Å². The highest BCUT2D eigenvalue weighted by Gasteiger charge is 2.14. The highest BCUT2D eigenvalue weighted by molar-refractivity contribution is 6.05. The van der Waals surface area contributed by atoms with E-state index in [0.29, 0.717) is 12.1 Å². The van der Waals surface area contributed by atoms with Crippen molar-refractivity contribution in [2.24, 2.45) is 0 Å². The van der Waals surface area contributed by atoms with Gasteiger partial charge in [0.05, 0.1) is 5.56 Å². The third-order valence-electron chi connectivity index (χ3n) is 2.70. The maximum absolute atomic E-state index is 11.9. The first kappa shape index (κ1) is 14.3. The topological polar surface area (TPSA) is 62.3 Å². The molecule has 5 nitrogen and oxygen atoms in total. The molecule has 0 aliphatic rings. The van der Waals surface area contributed by atoms with Gasteiger partial charge in [0.2, 0.25) is 0 Å². The number of nitrogens with one attached hydrogen (secondary N) is 1. The van der Waals surface area contributed by atoms with Gasteiger partial charge in [-0.15, -0.1) is 0 Å². The van der Waals surface area contributed by atoms with Gasteiger partial charge in [-0.05, 0) is 25.7 Å². The minimum Gasteiger partial charge on any atom is -0.351 e. The molecule has 0 unspecified atom stereocenters. The van der Waals surface area contributed by atoms with Gasteiger partial charge in [-0.1, -0.05) is 6.92 Å². The molecule has 0 radical (unpaired) electrons. The number of carbonyl (C=O) groups excluding carboxylic acids is 2. The van der Waals surface area contributed by atoms with Crippen molar-refractivity contribution in [3.63, 3.8) is 0 Å². The van der Waals surface area contributed by atoms with Crippen LogP contribution in [0.15, 0.2) is 18.3 Å². The number of rotatable bonds is 6. The van der Waals surface area contributed by atoms with E-state index in [9.17, 15) is 9.59 Å². The van der Waals surface area contributed by atoms with E-state index in [0.717, 1.165) is 13.1 Å². The number of pyridine rings is 1. The molecule has 18 heavy (non-hydrogen) atoms. The van der Waals surface area contributed by atoms with Crippen molar-refractivity contribution in [2.75, 3.05) is 26.7 Å². The van der Waals surface area contributed by atoms with Gasteiger partial charge in [0, 0.05) is 26.2 Å². The Labute approximate surface area is 107 Å². The summed E-state index contributed by atoms with van der Waals surface area (Å²) >= 11 is 0. The van der Waals surface area contributed by atoms with E-state index >= 15 is 0 Å². The van der Waals surface area contributed by atoms with Crippen molar-refractivity contribution in [2.45, 2.75) is 13.8 Å². The smallest absolute Gasteiger partial charge is 0.253 e. The van der Waals surface area contributed by atoms with E-state index in [4.69, 9.17) is 0 Å². The number of Topliss-reactive ketones (excluding diaryl/α,β-unsaturated/α-hetero) is 1. The largest absolute Gasteiger partial charge is 0.351 e. The predicted molar refractivity (Wildman–Crippen MR) is 69.7 cm³/mol. The zero-order valence-electron chi connectivity index (χ0n) is 11.1. The van der Waals surface area contributed by atoms with Crippen LogP contribution in [-0.2, 0) is 0 Å². The molecule has 5 heteroatoms. The molecule has 0 atom stereocenters. The van der Waals surface area contributed by atoms with Gasteiger partial charge in [0.1, 0.15) is 5.69 Å². The third kappa shape index (κ3) is 3.92. The van der Waals surface area contributed by atoms with E-state index in [1.807, 2.05) is 7.05 Å². The van der Waals surface area contributed by atoms with Crippen LogP contribution in [0, 0.1) is 0 Å². The van der Waals surface area contributed by atoms with Crippen molar-refractivity contribution < 1.29 is 9.59 Å². The molecule has 1 heterocycles. The lowest BCUT2D eigenvalue weighted by Gasteiger charge is -2.14. The number of ketones is 1. The molecule has 1 N–H and O–H groups in total. The summed E-state index contributed by atoms with van der Waals surface area (Å²) in [5.41, 5.74) is 0.558. The van der Waals surface area contributed by atoms with Crippen molar-refractivity contribution in [3.05, 3.63) is 29.6 Å². The van der Waals surface area contributed by atoms with Crippen LogP contribution in [0.2, 0.25) is 0 Å². The highest BCUT2D eigenvalue weighted by Crippen LogP contribution is 2.05. The number of hydrogen-bond donors (Lipinski definition) is 1. The predicted octanol–water partition coefficient (Wildman–Crippen LogP) is 0.966. The van der Waals surface area contributed by atoms with Gasteiger partial charge in [-0.3, -0.25) is 14.6 Å². The lowest BCUT2D eigenvalue weighted by atomic mass is 10.1. The molecule has 0 saturated heterocycles. The first-order valence-corrected chi connectivity index (χ1v) is 5.99. The summed E-state index contributed by atoms with van der Waals surface area (Å²) in [6.07, 6.45) is 1.51. The monoisotopic (exact) mass is 249 g/mol. The van der Waals surface area contributed by atoms with Gasteiger partial charge in [0.15, 0.2) is 5.78 Å². The number of amides is 1. The summed E-state index contributed by atoms with van der Waals surface area (Å²) in [6, 6.07) is 3.27. The normalized spacial score (nSPS) is 10.4. The molecule has 1 aromatic heterocycles. The molecule has 0 bridgehead atoms. The second kappa shape index (κ2) is 6.86. The molecule has 0 fully saturated rings. The number of hydrogen-bond acceptors (Lipinski definition) is 4. The fourth-order valence-electron chi connectivity index (χ4n) is 1.48. The van der Waals surface area contributed by atoms with Crippen molar-refractivity contribution in [1.82, 2.24) is 15.2 Å². The standard InChI is InChI=1S/C13H19N3O2/c1-4-16(3)9-8-15-13(18)11-6-5-7-14-12(11)10(2)17/h5-7H,4,8-9H2,1-3H3,(H,15,18). The van der Waals surface area contributed by atoms with Crippen LogP contribution in [0.5, 0.6) is 0 Å². The van der Waals surface area contributed by atoms with E-state index in [1.54, 1.807) is 12.1 Å². The minimum atomic E-state index is -0.252. The maximum atomic E-state index is 11.9. The van der Waals surface area contributed by atoms with E-state index in [1.165, 1.54) is 13.1 Å². The Kier molecular flexibility index (Phi) is 5.45. The molecule has 1 rings (SSSR count). The number of aromatic nitrogens is 1. The lowest BCUT2D eigenvalue weighted by molar-refractivity contribution is 0.0933. The Morgan fingerprint density at radius 2 is 2.17 bits per heavy atom. The highest BCUT2D eigenvalue weighted by atomic mass is 16.2.